The van der Waals surface area contributed by atoms with E-state index in [1.54, 1.807) is 49.4 Å². The van der Waals surface area contributed by atoms with Gasteiger partial charge in [0.1, 0.15) is 23.6 Å². The summed E-state index contributed by atoms with van der Waals surface area (Å²) in [6, 6.07) is 16.5. The number of rotatable bonds is 7. The van der Waals surface area contributed by atoms with E-state index in [0.717, 1.165) is 11.1 Å². The standard InChI is InChI=1S/C33H38FN3O4/c1-19-9-14-24-25(17-19)36-31(40)33(24)26(18-32(3,4)5)37-29(27(33)23-8-6-7-20(2)28(23)34)30(39)35-21-10-12-22(13-11-21)41-16-15-38/h6-14,17,26-27,29,37-38H,15-16,18H2,1-5H3,(H,35,39)(H,36,40)/t26?,27?,29-,33-/m1/s1. The summed E-state index contributed by atoms with van der Waals surface area (Å²) < 4.78 is 21.4. The van der Waals surface area contributed by atoms with E-state index in [2.05, 4.69) is 36.7 Å². The molecule has 1 fully saturated rings. The number of halogens is 1. The molecule has 2 aliphatic rings. The van der Waals surface area contributed by atoms with Crippen LogP contribution in [0.1, 0.15) is 55.4 Å². The highest BCUT2D eigenvalue weighted by Gasteiger charge is 2.66. The van der Waals surface area contributed by atoms with Gasteiger partial charge in [0.15, 0.2) is 0 Å². The molecule has 3 aromatic carbocycles. The van der Waals surface area contributed by atoms with Crippen molar-refractivity contribution in [3.05, 3.63) is 88.7 Å². The van der Waals surface area contributed by atoms with E-state index in [0.29, 0.717) is 34.7 Å². The van der Waals surface area contributed by atoms with Crippen molar-refractivity contribution in [2.45, 2.75) is 64.5 Å². The lowest BCUT2D eigenvalue weighted by molar-refractivity contribution is -0.122. The minimum absolute atomic E-state index is 0.101. The summed E-state index contributed by atoms with van der Waals surface area (Å²) in [5.74, 6) is -1.25. The molecule has 216 valence electrons. The second-order valence-electron chi connectivity index (χ2n) is 12.4. The summed E-state index contributed by atoms with van der Waals surface area (Å²) in [6.45, 7) is 10.0. The Morgan fingerprint density at radius 1 is 1.10 bits per heavy atom. The molecule has 0 bridgehead atoms. The fourth-order valence-corrected chi connectivity index (χ4v) is 6.46. The van der Waals surface area contributed by atoms with Gasteiger partial charge in [-0.05, 0) is 78.3 Å². The van der Waals surface area contributed by atoms with Gasteiger partial charge in [-0.3, -0.25) is 9.59 Å². The normalized spacial score (nSPS) is 23.4. The summed E-state index contributed by atoms with van der Waals surface area (Å²) in [7, 11) is 0. The van der Waals surface area contributed by atoms with Gasteiger partial charge >= 0.3 is 0 Å². The van der Waals surface area contributed by atoms with E-state index >= 15 is 4.39 Å². The van der Waals surface area contributed by atoms with Gasteiger partial charge in [-0.25, -0.2) is 4.39 Å². The molecule has 7 nitrogen and oxygen atoms in total. The number of amides is 2. The third kappa shape index (κ3) is 5.22. The zero-order chi connectivity index (χ0) is 29.5. The Morgan fingerprint density at radius 2 is 1.83 bits per heavy atom. The second-order valence-corrected chi connectivity index (χ2v) is 12.4. The summed E-state index contributed by atoms with van der Waals surface area (Å²) in [6.07, 6.45) is 0.582. The summed E-state index contributed by atoms with van der Waals surface area (Å²) >= 11 is 0. The van der Waals surface area contributed by atoms with E-state index in [-0.39, 0.29) is 30.4 Å². The smallest absolute Gasteiger partial charge is 0.242 e. The lowest BCUT2D eigenvalue weighted by Gasteiger charge is -2.37. The van der Waals surface area contributed by atoms with Crippen LogP contribution in [0, 0.1) is 25.1 Å². The predicted molar refractivity (Wildman–Crippen MR) is 158 cm³/mol. The van der Waals surface area contributed by atoms with Crippen molar-refractivity contribution in [2.24, 2.45) is 5.41 Å². The molecule has 3 aromatic rings. The van der Waals surface area contributed by atoms with E-state index < -0.39 is 29.2 Å². The molecule has 0 radical (unpaired) electrons. The monoisotopic (exact) mass is 559 g/mol. The molecular weight excluding hydrogens is 521 g/mol. The van der Waals surface area contributed by atoms with Gasteiger partial charge in [0, 0.05) is 23.3 Å². The Balaban J connectivity index is 1.64. The van der Waals surface area contributed by atoms with Crippen molar-refractivity contribution in [1.82, 2.24) is 5.32 Å². The van der Waals surface area contributed by atoms with E-state index in [1.807, 2.05) is 25.1 Å². The zero-order valence-electron chi connectivity index (χ0n) is 24.2. The van der Waals surface area contributed by atoms with Crippen LogP contribution in [0.3, 0.4) is 0 Å². The number of anilines is 2. The van der Waals surface area contributed by atoms with E-state index in [1.165, 1.54) is 0 Å². The van der Waals surface area contributed by atoms with Crippen LogP contribution in [0.4, 0.5) is 15.8 Å². The van der Waals surface area contributed by atoms with Crippen molar-refractivity contribution in [1.29, 1.82) is 0 Å². The topological polar surface area (TPSA) is 99.7 Å². The second kappa shape index (κ2) is 10.9. The van der Waals surface area contributed by atoms with Crippen LogP contribution in [0.15, 0.2) is 60.7 Å². The number of nitrogens with one attached hydrogen (secondary N) is 3. The number of aliphatic hydroxyl groups excluding tert-OH is 1. The number of benzene rings is 3. The van der Waals surface area contributed by atoms with Crippen LogP contribution >= 0.6 is 0 Å². The molecule has 0 aliphatic carbocycles. The lowest BCUT2D eigenvalue weighted by atomic mass is 9.62. The van der Waals surface area contributed by atoms with Gasteiger partial charge in [0.25, 0.3) is 0 Å². The number of carbonyl (C=O) groups excluding carboxylic acids is 2. The van der Waals surface area contributed by atoms with Crippen molar-refractivity contribution in [3.63, 3.8) is 0 Å². The molecule has 4 atom stereocenters. The van der Waals surface area contributed by atoms with Crippen LogP contribution in [0.2, 0.25) is 0 Å². The first-order valence-electron chi connectivity index (χ1n) is 14.0. The minimum atomic E-state index is -1.21. The Morgan fingerprint density at radius 3 is 2.51 bits per heavy atom. The average molecular weight is 560 g/mol. The van der Waals surface area contributed by atoms with Gasteiger partial charge in [-0.1, -0.05) is 51.1 Å². The SMILES string of the molecule is Cc1ccc2c(c1)NC(=O)[C@@]21C(CC(C)(C)C)N[C@@H](C(=O)Nc2ccc(OCCO)cc2)C1c1cccc(C)c1F. The molecule has 2 aliphatic heterocycles. The molecule has 2 heterocycles. The largest absolute Gasteiger partial charge is 0.491 e. The maximum Gasteiger partial charge on any atom is 0.242 e. The average Bonchev–Trinajstić information content (AvgIpc) is 3.38. The van der Waals surface area contributed by atoms with Crippen LogP contribution in [-0.2, 0) is 15.0 Å². The van der Waals surface area contributed by atoms with Gasteiger partial charge < -0.3 is 25.8 Å². The van der Waals surface area contributed by atoms with Gasteiger partial charge in [0.05, 0.1) is 12.6 Å². The fourth-order valence-electron chi connectivity index (χ4n) is 6.46. The zero-order valence-corrected chi connectivity index (χ0v) is 24.2. The maximum absolute atomic E-state index is 16.0. The van der Waals surface area contributed by atoms with Crippen molar-refractivity contribution in [3.8, 4) is 5.75 Å². The Kier molecular flexibility index (Phi) is 7.66. The number of hydrogen-bond acceptors (Lipinski definition) is 5. The van der Waals surface area contributed by atoms with Gasteiger partial charge in [0.2, 0.25) is 11.8 Å². The summed E-state index contributed by atoms with van der Waals surface area (Å²) in [4.78, 5) is 28.3. The molecule has 8 heteroatoms. The highest BCUT2D eigenvalue weighted by Crippen LogP contribution is 2.57. The minimum Gasteiger partial charge on any atom is -0.491 e. The molecule has 0 saturated carbocycles. The van der Waals surface area contributed by atoms with Crippen LogP contribution in [0.5, 0.6) is 5.75 Å². The predicted octanol–water partition coefficient (Wildman–Crippen LogP) is 5.20. The molecule has 1 spiro atoms. The first kappa shape index (κ1) is 28.8. The number of aliphatic hydroxyl groups is 1. The molecule has 2 amide bonds. The molecule has 4 N–H and O–H groups in total. The number of ether oxygens (including phenoxy) is 1. The van der Waals surface area contributed by atoms with E-state index in [9.17, 15) is 9.59 Å². The fraction of sp³-hybridized carbons (Fsp3) is 0.394. The van der Waals surface area contributed by atoms with Crippen LogP contribution in [0.25, 0.3) is 0 Å². The lowest BCUT2D eigenvalue weighted by Crippen LogP contribution is -2.49. The Labute approximate surface area is 240 Å². The van der Waals surface area contributed by atoms with Crippen molar-refractivity contribution in [2.75, 3.05) is 23.8 Å². The molecule has 2 unspecified atom stereocenters. The Hall–Kier alpha value is -3.75. The number of fused-ring (bicyclic) bond motifs is 2. The van der Waals surface area contributed by atoms with Gasteiger partial charge in [-0.2, -0.15) is 0 Å². The molecule has 5 rings (SSSR count). The highest BCUT2D eigenvalue weighted by molar-refractivity contribution is 6.10. The number of hydrogen-bond donors (Lipinski definition) is 4. The first-order chi connectivity index (χ1) is 19.5. The highest BCUT2D eigenvalue weighted by atomic mass is 19.1. The maximum atomic E-state index is 16.0. The van der Waals surface area contributed by atoms with E-state index in [4.69, 9.17) is 9.84 Å². The van der Waals surface area contributed by atoms with Crippen LogP contribution in [-0.4, -0.2) is 42.2 Å². The molecular formula is C33H38FN3O4. The molecule has 41 heavy (non-hydrogen) atoms. The molecule has 1 saturated heterocycles. The Bertz CT molecular complexity index is 1470. The number of aryl methyl sites for hydroxylation is 2. The third-order valence-corrected chi connectivity index (χ3v) is 8.14. The first-order valence-corrected chi connectivity index (χ1v) is 14.0. The number of carbonyl (C=O) groups is 2. The van der Waals surface area contributed by atoms with Gasteiger partial charge in [-0.15, -0.1) is 0 Å². The van der Waals surface area contributed by atoms with Crippen molar-refractivity contribution >= 4 is 23.2 Å². The molecule has 0 aromatic heterocycles. The van der Waals surface area contributed by atoms with Crippen molar-refractivity contribution < 1.29 is 23.8 Å². The summed E-state index contributed by atoms with van der Waals surface area (Å²) in [5, 5.41) is 18.6. The van der Waals surface area contributed by atoms with Crippen LogP contribution < -0.4 is 20.7 Å². The summed E-state index contributed by atoms with van der Waals surface area (Å²) in [5.41, 5.74) is 2.41. The quantitative estimate of drug-likeness (QED) is 0.319. The third-order valence-electron chi connectivity index (χ3n) is 8.14.